The molecule has 4 heteroatoms. The molecule has 1 rings (SSSR count). The van der Waals surface area contributed by atoms with Crippen LogP contribution in [0.3, 0.4) is 0 Å². The molecule has 0 amide bonds. The van der Waals surface area contributed by atoms with Crippen molar-refractivity contribution in [2.24, 2.45) is 0 Å². The van der Waals surface area contributed by atoms with Crippen LogP contribution in [0.2, 0.25) is 0 Å². The Morgan fingerprint density at radius 1 is 1.38 bits per heavy atom. The highest BCUT2D eigenvalue weighted by Gasteiger charge is 2.17. The Balaban J connectivity index is 2.71. The van der Waals surface area contributed by atoms with Gasteiger partial charge in [-0.1, -0.05) is 18.7 Å². The number of rotatable bonds is 3. The Morgan fingerprint density at radius 2 is 1.92 bits per heavy atom. The molecule has 0 aliphatic rings. The van der Waals surface area contributed by atoms with Crippen LogP contribution in [0.4, 0.5) is 0 Å². The third kappa shape index (κ3) is 2.84. The summed E-state index contributed by atoms with van der Waals surface area (Å²) in [5, 5.41) is 18.4. The van der Waals surface area contributed by atoms with E-state index in [4.69, 9.17) is 9.76 Å². The number of aromatic hydroxyl groups is 1. The molecule has 1 aromatic carbocycles. The zero-order valence-electron chi connectivity index (χ0n) is 7.40. The van der Waals surface area contributed by atoms with Crippen molar-refractivity contribution in [2.45, 2.75) is 6.92 Å². The fourth-order valence-corrected chi connectivity index (χ4v) is 0.898. The van der Waals surface area contributed by atoms with Crippen molar-refractivity contribution in [1.29, 1.82) is 0 Å². The summed E-state index contributed by atoms with van der Waals surface area (Å²) in [7, 11) is -1.02. The third-order valence-corrected chi connectivity index (χ3v) is 1.49. The van der Waals surface area contributed by atoms with Crippen molar-refractivity contribution < 1.29 is 14.8 Å². The zero-order valence-corrected chi connectivity index (χ0v) is 7.40. The smallest absolute Gasteiger partial charge is 0.537 e. The average Bonchev–Trinajstić information content (AvgIpc) is 2.04. The lowest BCUT2D eigenvalue weighted by Crippen LogP contribution is -2.32. The summed E-state index contributed by atoms with van der Waals surface area (Å²) >= 11 is 0. The number of benzene rings is 1. The van der Waals surface area contributed by atoms with E-state index >= 15 is 0 Å². The lowest BCUT2D eigenvalue weighted by atomic mass is 9.79. The molecule has 68 valence electrons. The Bertz CT molecular complexity index is 294. The number of phenols is 1. The lowest BCUT2D eigenvalue weighted by molar-refractivity contribution is 0.354. The van der Waals surface area contributed by atoms with Gasteiger partial charge in [0.25, 0.3) is 0 Å². The van der Waals surface area contributed by atoms with Gasteiger partial charge in [0.05, 0.1) is 5.76 Å². The maximum Gasteiger partial charge on any atom is 0.559 e. The minimum atomic E-state index is -1.02. The Kier molecular flexibility index (Phi) is 2.98. The Morgan fingerprint density at radius 3 is 2.38 bits per heavy atom. The molecular weight excluding hydrogens is 167 g/mol. The number of hydrogen-bond donors (Lipinski definition) is 2. The number of allylic oxidation sites excluding steroid dienone is 1. The minimum Gasteiger partial charge on any atom is -0.537 e. The summed E-state index contributed by atoms with van der Waals surface area (Å²) in [6, 6.07) is 6.15. The SMILES string of the molecule is C=C(C)OB(O)c1ccc(O)cc1. The van der Waals surface area contributed by atoms with Crippen LogP contribution in [0.5, 0.6) is 5.75 Å². The first-order chi connectivity index (χ1) is 6.09. The monoisotopic (exact) mass is 178 g/mol. The van der Waals surface area contributed by atoms with E-state index in [2.05, 4.69) is 6.58 Å². The second kappa shape index (κ2) is 4.00. The molecule has 0 spiro atoms. The first-order valence-corrected chi connectivity index (χ1v) is 3.89. The largest absolute Gasteiger partial charge is 0.559 e. The summed E-state index contributed by atoms with van der Waals surface area (Å²) in [6.07, 6.45) is 0. The third-order valence-electron chi connectivity index (χ3n) is 1.49. The second-order valence-electron chi connectivity index (χ2n) is 2.76. The average molecular weight is 178 g/mol. The molecule has 2 N–H and O–H groups in total. The second-order valence-corrected chi connectivity index (χ2v) is 2.76. The van der Waals surface area contributed by atoms with Crippen LogP contribution in [0.15, 0.2) is 36.6 Å². The van der Waals surface area contributed by atoms with Gasteiger partial charge in [-0.15, -0.1) is 0 Å². The van der Waals surface area contributed by atoms with E-state index in [0.717, 1.165) is 0 Å². The van der Waals surface area contributed by atoms with Crippen molar-refractivity contribution in [3.8, 4) is 5.75 Å². The van der Waals surface area contributed by atoms with E-state index in [-0.39, 0.29) is 5.75 Å². The predicted molar refractivity (Wildman–Crippen MR) is 51.6 cm³/mol. The molecule has 0 bridgehead atoms. The highest BCUT2D eigenvalue weighted by Crippen LogP contribution is 2.04. The quantitative estimate of drug-likeness (QED) is 0.527. The van der Waals surface area contributed by atoms with Crippen molar-refractivity contribution in [2.75, 3.05) is 0 Å². The molecule has 0 aromatic heterocycles. The molecule has 0 unspecified atom stereocenters. The Hall–Kier alpha value is -1.42. The minimum absolute atomic E-state index is 0.159. The molecule has 0 fully saturated rings. The molecule has 0 aliphatic carbocycles. The molecule has 3 nitrogen and oxygen atoms in total. The maximum absolute atomic E-state index is 9.42. The van der Waals surface area contributed by atoms with E-state index < -0.39 is 7.12 Å². The molecule has 0 aliphatic heterocycles. The van der Waals surface area contributed by atoms with Gasteiger partial charge in [0.2, 0.25) is 0 Å². The molecule has 13 heavy (non-hydrogen) atoms. The topological polar surface area (TPSA) is 49.7 Å². The lowest BCUT2D eigenvalue weighted by Gasteiger charge is -2.08. The molecule has 0 saturated heterocycles. The van der Waals surface area contributed by atoms with E-state index in [1.807, 2.05) is 0 Å². The van der Waals surface area contributed by atoms with Gasteiger partial charge in [0, 0.05) is 0 Å². The van der Waals surface area contributed by atoms with Crippen LogP contribution in [0.25, 0.3) is 0 Å². The first-order valence-electron chi connectivity index (χ1n) is 3.89. The van der Waals surface area contributed by atoms with Crippen LogP contribution in [-0.4, -0.2) is 17.2 Å². The number of hydrogen-bond acceptors (Lipinski definition) is 3. The molecule has 1 aromatic rings. The number of phenolic OH excluding ortho intramolecular Hbond substituents is 1. The summed E-state index contributed by atoms with van der Waals surface area (Å²) < 4.78 is 4.96. The van der Waals surface area contributed by atoms with Gasteiger partial charge in [-0.25, -0.2) is 0 Å². The van der Waals surface area contributed by atoms with Gasteiger partial charge in [-0.2, -0.15) is 0 Å². The van der Waals surface area contributed by atoms with Gasteiger partial charge >= 0.3 is 7.12 Å². The van der Waals surface area contributed by atoms with Crippen molar-refractivity contribution in [3.63, 3.8) is 0 Å². The predicted octanol–water partition coefficient (Wildman–Crippen LogP) is 0.630. The molecule has 0 radical (unpaired) electrons. The van der Waals surface area contributed by atoms with Gasteiger partial charge in [-0.3, -0.25) is 0 Å². The van der Waals surface area contributed by atoms with Crippen LogP contribution >= 0.6 is 0 Å². The highest BCUT2D eigenvalue weighted by molar-refractivity contribution is 6.60. The van der Waals surface area contributed by atoms with Crippen molar-refractivity contribution >= 4 is 12.6 Å². The van der Waals surface area contributed by atoms with Gasteiger partial charge in [0.1, 0.15) is 5.75 Å². The maximum atomic E-state index is 9.42. The zero-order chi connectivity index (χ0) is 9.84. The van der Waals surface area contributed by atoms with E-state index in [0.29, 0.717) is 11.2 Å². The van der Waals surface area contributed by atoms with Gasteiger partial charge < -0.3 is 14.8 Å². The van der Waals surface area contributed by atoms with E-state index in [1.54, 1.807) is 19.1 Å². The highest BCUT2D eigenvalue weighted by atomic mass is 16.5. The first kappa shape index (κ1) is 9.67. The van der Waals surface area contributed by atoms with Gasteiger partial charge in [-0.05, 0) is 24.5 Å². The summed E-state index contributed by atoms with van der Waals surface area (Å²) in [4.78, 5) is 0. The van der Waals surface area contributed by atoms with Crippen LogP contribution in [0, 0.1) is 0 Å². The molecule has 0 heterocycles. The van der Waals surface area contributed by atoms with Crippen LogP contribution in [-0.2, 0) is 4.65 Å². The summed E-state index contributed by atoms with van der Waals surface area (Å²) in [5.74, 6) is 0.604. The van der Waals surface area contributed by atoms with Gasteiger partial charge in [0.15, 0.2) is 0 Å². The molecule has 0 atom stereocenters. The van der Waals surface area contributed by atoms with Crippen LogP contribution in [0.1, 0.15) is 6.92 Å². The summed E-state index contributed by atoms with van der Waals surface area (Å²) in [5.41, 5.74) is 0.584. The fourth-order valence-electron chi connectivity index (χ4n) is 0.898. The fraction of sp³-hybridized carbons (Fsp3) is 0.111. The summed E-state index contributed by atoms with van der Waals surface area (Å²) in [6.45, 7) is 5.16. The van der Waals surface area contributed by atoms with Crippen molar-refractivity contribution in [1.82, 2.24) is 0 Å². The molecular formula is C9H11BO3. The normalized spacial score (nSPS) is 9.38. The Labute approximate surface area is 77.4 Å². The molecule has 0 saturated carbocycles. The van der Waals surface area contributed by atoms with Crippen molar-refractivity contribution in [3.05, 3.63) is 36.6 Å². The standard InChI is InChI=1S/C9H11BO3/c1-7(2)13-10(12)8-3-5-9(11)6-4-8/h3-6,11-12H,1H2,2H3. The van der Waals surface area contributed by atoms with Crippen LogP contribution < -0.4 is 5.46 Å². The van der Waals surface area contributed by atoms with E-state index in [1.165, 1.54) is 12.1 Å². The van der Waals surface area contributed by atoms with E-state index in [9.17, 15) is 5.02 Å².